The Morgan fingerprint density at radius 1 is 1.35 bits per heavy atom. The second-order valence-corrected chi connectivity index (χ2v) is 5.65. The van der Waals surface area contributed by atoms with Crippen LogP contribution in [0.15, 0.2) is 24.4 Å². The maximum atomic E-state index is 4.17. The fourth-order valence-electron chi connectivity index (χ4n) is 2.52. The zero-order valence-corrected chi connectivity index (χ0v) is 12.3. The topological polar surface area (TPSA) is 42.7 Å². The van der Waals surface area contributed by atoms with Crippen molar-refractivity contribution in [1.82, 2.24) is 20.3 Å². The molecule has 0 radical (unpaired) electrons. The molecule has 1 fully saturated rings. The molecule has 0 aliphatic heterocycles. The van der Waals surface area contributed by atoms with Crippen LogP contribution in [0, 0.1) is 6.92 Å². The smallest absolute Gasteiger partial charge is 0.0888 e. The molecular weight excluding hydrogens is 248 g/mol. The van der Waals surface area contributed by atoms with Gasteiger partial charge in [0.2, 0.25) is 0 Å². The summed E-state index contributed by atoms with van der Waals surface area (Å²) in [7, 11) is 0. The lowest BCUT2D eigenvalue weighted by Gasteiger charge is -2.10. The first-order valence-electron chi connectivity index (χ1n) is 7.49. The highest BCUT2D eigenvalue weighted by atomic mass is 15.4. The molecule has 0 saturated heterocycles. The average molecular weight is 270 g/mol. The van der Waals surface area contributed by atoms with Crippen molar-refractivity contribution in [3.05, 3.63) is 35.5 Å². The van der Waals surface area contributed by atoms with E-state index in [1.807, 2.05) is 10.9 Å². The average Bonchev–Trinajstić information content (AvgIpc) is 3.17. The molecule has 106 valence electrons. The van der Waals surface area contributed by atoms with Gasteiger partial charge < -0.3 is 5.32 Å². The van der Waals surface area contributed by atoms with Gasteiger partial charge in [-0.2, -0.15) is 0 Å². The molecule has 0 bridgehead atoms. The van der Waals surface area contributed by atoms with E-state index in [1.54, 1.807) is 0 Å². The van der Waals surface area contributed by atoms with E-state index in [-0.39, 0.29) is 0 Å². The van der Waals surface area contributed by atoms with Crippen LogP contribution in [0.5, 0.6) is 0 Å². The molecule has 1 aliphatic rings. The van der Waals surface area contributed by atoms with Gasteiger partial charge in [0.1, 0.15) is 0 Å². The molecule has 1 heterocycles. The highest BCUT2D eigenvalue weighted by Gasteiger charge is 2.20. The van der Waals surface area contributed by atoms with Crippen LogP contribution in [0.3, 0.4) is 0 Å². The van der Waals surface area contributed by atoms with Crippen molar-refractivity contribution in [2.45, 2.75) is 52.2 Å². The van der Waals surface area contributed by atoms with Gasteiger partial charge in [0.25, 0.3) is 0 Å². The Labute approximate surface area is 120 Å². The van der Waals surface area contributed by atoms with Gasteiger partial charge >= 0.3 is 0 Å². The van der Waals surface area contributed by atoms with Crippen LogP contribution in [0.1, 0.15) is 37.3 Å². The Morgan fingerprint density at radius 2 is 2.20 bits per heavy atom. The standard InChI is InChI=1S/C16H22N4/c1-3-8-20-16(11-18-19-20)15-7-4-13(9-12(15)2)10-17-14-5-6-14/h4,7,9,11,14,17H,3,5-6,8,10H2,1-2H3. The summed E-state index contributed by atoms with van der Waals surface area (Å²) < 4.78 is 1.99. The molecule has 1 aliphatic carbocycles. The van der Waals surface area contributed by atoms with Crippen LogP contribution in [0.25, 0.3) is 11.3 Å². The van der Waals surface area contributed by atoms with Crippen LogP contribution >= 0.6 is 0 Å². The summed E-state index contributed by atoms with van der Waals surface area (Å²) in [5, 5.41) is 11.8. The van der Waals surface area contributed by atoms with Crippen molar-refractivity contribution in [2.75, 3.05) is 0 Å². The number of nitrogens with one attached hydrogen (secondary N) is 1. The Hall–Kier alpha value is -1.68. The Balaban J connectivity index is 1.80. The summed E-state index contributed by atoms with van der Waals surface area (Å²) in [6, 6.07) is 7.43. The van der Waals surface area contributed by atoms with E-state index in [4.69, 9.17) is 0 Å². The summed E-state index contributed by atoms with van der Waals surface area (Å²) in [6.07, 6.45) is 5.59. The van der Waals surface area contributed by atoms with E-state index in [0.717, 1.165) is 31.2 Å². The van der Waals surface area contributed by atoms with E-state index in [0.29, 0.717) is 0 Å². The molecule has 0 unspecified atom stereocenters. The van der Waals surface area contributed by atoms with Crippen LogP contribution in [0.2, 0.25) is 0 Å². The molecule has 2 aromatic rings. The van der Waals surface area contributed by atoms with Gasteiger partial charge in [0.15, 0.2) is 0 Å². The van der Waals surface area contributed by atoms with Gasteiger partial charge in [-0.15, -0.1) is 5.10 Å². The van der Waals surface area contributed by atoms with Crippen molar-refractivity contribution >= 4 is 0 Å². The molecule has 1 aromatic heterocycles. The van der Waals surface area contributed by atoms with E-state index in [2.05, 4.69) is 47.7 Å². The highest BCUT2D eigenvalue weighted by molar-refractivity contribution is 5.63. The molecule has 4 nitrogen and oxygen atoms in total. The second-order valence-electron chi connectivity index (χ2n) is 5.65. The maximum Gasteiger partial charge on any atom is 0.0888 e. The molecule has 1 saturated carbocycles. The molecule has 0 amide bonds. The molecule has 0 atom stereocenters. The third kappa shape index (κ3) is 2.90. The monoisotopic (exact) mass is 270 g/mol. The minimum atomic E-state index is 0.755. The van der Waals surface area contributed by atoms with Gasteiger partial charge in [0, 0.05) is 24.7 Å². The Morgan fingerprint density at radius 3 is 2.90 bits per heavy atom. The predicted molar refractivity (Wildman–Crippen MR) is 80.3 cm³/mol. The largest absolute Gasteiger partial charge is 0.310 e. The molecule has 3 rings (SSSR count). The van der Waals surface area contributed by atoms with Gasteiger partial charge in [-0.05, 0) is 37.3 Å². The zero-order valence-electron chi connectivity index (χ0n) is 12.3. The predicted octanol–water partition coefficient (Wildman–Crippen LogP) is 2.92. The molecule has 0 spiro atoms. The molecular formula is C16H22N4. The summed E-state index contributed by atoms with van der Waals surface area (Å²) in [6.45, 7) is 6.21. The lowest BCUT2D eigenvalue weighted by atomic mass is 10.0. The number of nitrogens with zero attached hydrogens (tertiary/aromatic N) is 3. The van der Waals surface area contributed by atoms with Crippen molar-refractivity contribution in [2.24, 2.45) is 0 Å². The summed E-state index contributed by atoms with van der Waals surface area (Å²) >= 11 is 0. The summed E-state index contributed by atoms with van der Waals surface area (Å²) in [5.41, 5.74) is 5.00. The SMILES string of the molecule is CCCn1nncc1-c1ccc(CNC2CC2)cc1C. The van der Waals surface area contributed by atoms with E-state index < -0.39 is 0 Å². The van der Waals surface area contributed by atoms with Crippen molar-refractivity contribution < 1.29 is 0 Å². The summed E-state index contributed by atoms with van der Waals surface area (Å²) in [5.74, 6) is 0. The lowest BCUT2D eigenvalue weighted by molar-refractivity contribution is 0.584. The van der Waals surface area contributed by atoms with Crippen LogP contribution < -0.4 is 5.32 Å². The van der Waals surface area contributed by atoms with Gasteiger partial charge in [-0.1, -0.05) is 30.3 Å². The normalized spacial score (nSPS) is 14.7. The third-order valence-corrected chi connectivity index (χ3v) is 3.79. The van der Waals surface area contributed by atoms with Crippen LogP contribution in [-0.2, 0) is 13.1 Å². The Bertz CT molecular complexity index is 584. The van der Waals surface area contributed by atoms with Gasteiger partial charge in [-0.25, -0.2) is 4.68 Å². The minimum Gasteiger partial charge on any atom is -0.310 e. The minimum absolute atomic E-state index is 0.755. The van der Waals surface area contributed by atoms with Gasteiger partial charge in [-0.3, -0.25) is 0 Å². The third-order valence-electron chi connectivity index (χ3n) is 3.79. The van der Waals surface area contributed by atoms with Crippen molar-refractivity contribution in [3.63, 3.8) is 0 Å². The summed E-state index contributed by atoms with van der Waals surface area (Å²) in [4.78, 5) is 0. The molecule has 1 N–H and O–H groups in total. The van der Waals surface area contributed by atoms with E-state index >= 15 is 0 Å². The number of aryl methyl sites for hydroxylation is 2. The highest BCUT2D eigenvalue weighted by Crippen LogP contribution is 2.24. The van der Waals surface area contributed by atoms with Crippen molar-refractivity contribution in [3.8, 4) is 11.3 Å². The quantitative estimate of drug-likeness (QED) is 0.877. The van der Waals surface area contributed by atoms with E-state index in [1.165, 1.54) is 29.5 Å². The van der Waals surface area contributed by atoms with E-state index in [9.17, 15) is 0 Å². The number of benzene rings is 1. The first kappa shape index (κ1) is 13.3. The number of rotatable bonds is 6. The van der Waals surface area contributed by atoms with Crippen molar-refractivity contribution in [1.29, 1.82) is 0 Å². The first-order chi connectivity index (χ1) is 9.78. The first-order valence-corrected chi connectivity index (χ1v) is 7.49. The Kier molecular flexibility index (Phi) is 3.83. The number of hydrogen-bond donors (Lipinski definition) is 1. The fourth-order valence-corrected chi connectivity index (χ4v) is 2.52. The zero-order chi connectivity index (χ0) is 13.9. The van der Waals surface area contributed by atoms with Crippen LogP contribution in [-0.4, -0.2) is 21.0 Å². The fraction of sp³-hybridized carbons (Fsp3) is 0.500. The van der Waals surface area contributed by atoms with Crippen LogP contribution in [0.4, 0.5) is 0 Å². The molecule has 4 heteroatoms. The maximum absolute atomic E-state index is 4.17. The number of aromatic nitrogens is 3. The molecule has 1 aromatic carbocycles. The number of hydrogen-bond acceptors (Lipinski definition) is 3. The molecule has 20 heavy (non-hydrogen) atoms. The lowest BCUT2D eigenvalue weighted by Crippen LogP contribution is -2.15. The second kappa shape index (κ2) is 5.75. The van der Waals surface area contributed by atoms with Gasteiger partial charge in [0.05, 0.1) is 11.9 Å².